The van der Waals surface area contributed by atoms with Crippen molar-refractivity contribution in [1.29, 1.82) is 0 Å². The molecule has 0 aromatic rings. The second-order valence-electron chi connectivity index (χ2n) is 3.62. The molecule has 0 spiro atoms. The van der Waals surface area contributed by atoms with Crippen molar-refractivity contribution in [1.82, 2.24) is 16.0 Å². The van der Waals surface area contributed by atoms with Gasteiger partial charge in [0.15, 0.2) is 0 Å². The van der Waals surface area contributed by atoms with Crippen molar-refractivity contribution in [2.45, 2.75) is 53.9 Å². The van der Waals surface area contributed by atoms with E-state index >= 15 is 0 Å². The maximum absolute atomic E-state index is 11.1. The van der Waals surface area contributed by atoms with Crippen LogP contribution in [0.1, 0.15) is 58.2 Å². The molecule has 0 saturated heterocycles. The minimum absolute atomic E-state index is 0. The predicted molar refractivity (Wildman–Crippen MR) is 88.4 cm³/mol. The number of carbonyl (C=O) groups is 1. The Bertz CT molecular complexity index is 153. The summed E-state index contributed by atoms with van der Waals surface area (Å²) in [4.78, 5) is 11.1. The molecular formula is C14H41N3O. The summed E-state index contributed by atoms with van der Waals surface area (Å²) < 4.78 is 0. The van der Waals surface area contributed by atoms with Crippen LogP contribution in [0.2, 0.25) is 0 Å². The maximum atomic E-state index is 11.1. The zero-order valence-corrected chi connectivity index (χ0v) is 13.4. The molecule has 0 atom stereocenters. The van der Waals surface area contributed by atoms with E-state index in [1.165, 1.54) is 6.42 Å². The lowest BCUT2D eigenvalue weighted by atomic mass is 10.3. The van der Waals surface area contributed by atoms with Crippen molar-refractivity contribution in [2.24, 2.45) is 0 Å². The second kappa shape index (κ2) is 25.3. The Morgan fingerprint density at radius 2 is 1.61 bits per heavy atom. The molecule has 0 unspecified atom stereocenters. The highest BCUT2D eigenvalue weighted by Crippen LogP contribution is 1.85. The van der Waals surface area contributed by atoms with E-state index in [4.69, 9.17) is 0 Å². The molecule has 0 rings (SSSR count). The van der Waals surface area contributed by atoms with Crippen molar-refractivity contribution in [3.8, 4) is 0 Å². The van der Waals surface area contributed by atoms with Crippen LogP contribution in [0, 0.1) is 0 Å². The van der Waals surface area contributed by atoms with Crippen LogP contribution in [-0.2, 0) is 4.79 Å². The summed E-state index contributed by atoms with van der Waals surface area (Å²) >= 11 is 0. The summed E-state index contributed by atoms with van der Waals surface area (Å²) in [6, 6.07) is 0. The molecular weight excluding hydrogens is 226 g/mol. The van der Waals surface area contributed by atoms with E-state index in [1.54, 1.807) is 0 Å². The Morgan fingerprint density at radius 1 is 1.06 bits per heavy atom. The molecule has 1 amide bonds. The third-order valence-electron chi connectivity index (χ3n) is 1.70. The minimum atomic E-state index is 0. The molecule has 4 heteroatoms. The first-order chi connectivity index (χ1) is 8.72. The highest BCUT2D eigenvalue weighted by atomic mass is 16.1. The Morgan fingerprint density at radius 3 is 2.06 bits per heavy atom. The van der Waals surface area contributed by atoms with Crippen LogP contribution in [0.25, 0.3) is 0 Å². The Labute approximate surface area is 119 Å². The van der Waals surface area contributed by atoms with Crippen molar-refractivity contribution >= 4 is 5.91 Å². The van der Waals surface area contributed by atoms with Crippen molar-refractivity contribution in [3.05, 3.63) is 0 Å². The van der Waals surface area contributed by atoms with E-state index < -0.39 is 0 Å². The minimum Gasteiger partial charge on any atom is -0.355 e. The van der Waals surface area contributed by atoms with Gasteiger partial charge in [0.05, 0.1) is 0 Å². The van der Waals surface area contributed by atoms with Gasteiger partial charge in [0.2, 0.25) is 5.91 Å². The summed E-state index contributed by atoms with van der Waals surface area (Å²) in [7, 11) is 1.89. The number of nitrogens with one attached hydrogen (secondary N) is 3. The Balaban J connectivity index is -0.0000000624. The van der Waals surface area contributed by atoms with Crippen LogP contribution in [0.3, 0.4) is 0 Å². The summed E-state index contributed by atoms with van der Waals surface area (Å²) in [6.07, 6.45) is 2.77. The van der Waals surface area contributed by atoms with Crippen molar-refractivity contribution < 1.29 is 9.07 Å². The second-order valence-corrected chi connectivity index (χ2v) is 3.62. The number of hydrogen-bond acceptors (Lipinski definition) is 3. The summed E-state index contributed by atoms with van der Waals surface area (Å²) in [5, 5.41) is 9.00. The summed E-state index contributed by atoms with van der Waals surface area (Å²) in [6.45, 7) is 13.7. The average molecular weight is 268 g/mol. The first kappa shape index (κ1) is 22.6. The molecule has 0 bridgehead atoms. The van der Waals surface area contributed by atoms with Gasteiger partial charge in [-0.1, -0.05) is 41.0 Å². The first-order valence-electron chi connectivity index (χ1n) is 7.34. The molecule has 0 fully saturated rings. The highest BCUT2D eigenvalue weighted by Gasteiger charge is 1.98. The largest absolute Gasteiger partial charge is 0.355 e. The number of likely N-dealkylation sites (N-methyl/N-ethyl adjacent to an activating group) is 1. The van der Waals surface area contributed by atoms with E-state index in [1.807, 2.05) is 20.9 Å². The van der Waals surface area contributed by atoms with Gasteiger partial charge in [-0.15, -0.1) is 0 Å². The van der Waals surface area contributed by atoms with Gasteiger partial charge < -0.3 is 16.0 Å². The third kappa shape index (κ3) is 29.5. The number of rotatable bonds is 8. The van der Waals surface area contributed by atoms with E-state index in [-0.39, 0.29) is 10.2 Å². The van der Waals surface area contributed by atoms with E-state index in [0.717, 1.165) is 32.6 Å². The van der Waals surface area contributed by atoms with Crippen molar-refractivity contribution in [2.75, 3.05) is 33.2 Å². The third-order valence-corrected chi connectivity index (χ3v) is 1.70. The van der Waals surface area contributed by atoms with Crippen LogP contribution in [0.15, 0.2) is 0 Å². The van der Waals surface area contributed by atoms with Crippen LogP contribution < -0.4 is 16.0 Å². The Kier molecular flexibility index (Phi) is 31.7. The van der Waals surface area contributed by atoms with Crippen LogP contribution >= 0.6 is 0 Å². The standard InChI is InChI=1S/C9H21N3O.C3H8.C2H6.3H2/c1-3-11-7-8-12-9(13)5-4-6-10-2;1-3-2;1-2;;;/h10-11H,3-8H2,1-2H3,(H,12,13);3H2,1-2H3;1-2H3;3*1H. The molecule has 4 nitrogen and oxygen atoms in total. The normalized spacial score (nSPS) is 8.56. The van der Waals surface area contributed by atoms with Crippen LogP contribution in [0.4, 0.5) is 0 Å². The SMILES string of the molecule is CC.CCC.CCNCCNC(=O)CCCNC.[HH].[HH].[HH]. The Hall–Kier alpha value is -0.610. The number of carbonyl (C=O) groups excluding carboxylic acids is 1. The maximum Gasteiger partial charge on any atom is 0.220 e. The molecule has 0 radical (unpaired) electrons. The molecule has 0 aromatic carbocycles. The smallest absolute Gasteiger partial charge is 0.220 e. The zero-order valence-electron chi connectivity index (χ0n) is 13.4. The van der Waals surface area contributed by atoms with Gasteiger partial charge in [0, 0.05) is 23.8 Å². The van der Waals surface area contributed by atoms with Crippen LogP contribution in [0.5, 0.6) is 0 Å². The number of amides is 1. The molecule has 118 valence electrons. The van der Waals surface area contributed by atoms with Gasteiger partial charge >= 0.3 is 0 Å². The zero-order chi connectivity index (χ0) is 14.6. The van der Waals surface area contributed by atoms with E-state index in [0.29, 0.717) is 6.42 Å². The lowest BCUT2D eigenvalue weighted by Gasteiger charge is -2.04. The molecule has 0 saturated carbocycles. The molecule has 0 aromatic heterocycles. The monoisotopic (exact) mass is 267 g/mol. The molecule has 0 aliphatic rings. The molecule has 3 N–H and O–H groups in total. The quantitative estimate of drug-likeness (QED) is 0.593. The fourth-order valence-electron chi connectivity index (χ4n) is 0.981. The molecule has 18 heavy (non-hydrogen) atoms. The van der Waals surface area contributed by atoms with Gasteiger partial charge in [-0.2, -0.15) is 0 Å². The summed E-state index contributed by atoms with van der Waals surface area (Å²) in [5.74, 6) is 0.146. The lowest BCUT2D eigenvalue weighted by Crippen LogP contribution is -2.31. The summed E-state index contributed by atoms with van der Waals surface area (Å²) in [5.41, 5.74) is 0. The highest BCUT2D eigenvalue weighted by molar-refractivity contribution is 5.75. The van der Waals surface area contributed by atoms with E-state index in [9.17, 15) is 4.79 Å². The van der Waals surface area contributed by atoms with Gasteiger partial charge in [-0.05, 0) is 26.6 Å². The first-order valence-corrected chi connectivity index (χ1v) is 7.34. The molecule has 0 aliphatic heterocycles. The molecule has 0 aliphatic carbocycles. The number of hydrogen-bond donors (Lipinski definition) is 3. The molecule has 0 heterocycles. The average Bonchev–Trinajstić information content (AvgIpc) is 2.38. The van der Waals surface area contributed by atoms with Crippen molar-refractivity contribution in [3.63, 3.8) is 0 Å². The lowest BCUT2D eigenvalue weighted by molar-refractivity contribution is -0.121. The van der Waals surface area contributed by atoms with Gasteiger partial charge in [-0.25, -0.2) is 0 Å². The predicted octanol–water partition coefficient (Wildman–Crippen LogP) is 2.89. The topological polar surface area (TPSA) is 53.2 Å². The fourth-order valence-corrected chi connectivity index (χ4v) is 0.981. The van der Waals surface area contributed by atoms with Gasteiger partial charge in [0.1, 0.15) is 0 Å². The fraction of sp³-hybridized carbons (Fsp3) is 0.929. The van der Waals surface area contributed by atoms with Gasteiger partial charge in [0.25, 0.3) is 0 Å². The van der Waals surface area contributed by atoms with Gasteiger partial charge in [-0.3, -0.25) is 4.79 Å². The van der Waals surface area contributed by atoms with Crippen LogP contribution in [-0.4, -0.2) is 39.1 Å². The van der Waals surface area contributed by atoms with E-state index in [2.05, 4.69) is 36.7 Å².